The van der Waals surface area contributed by atoms with E-state index in [2.05, 4.69) is 5.32 Å². The first-order chi connectivity index (χ1) is 13.1. The molecule has 3 rings (SSSR count). The second-order valence-corrected chi connectivity index (χ2v) is 9.71. The number of hydrogen-bond acceptors (Lipinski definition) is 5. The van der Waals surface area contributed by atoms with Gasteiger partial charge in [0.1, 0.15) is 16.6 Å². The molecule has 2 heterocycles. The van der Waals surface area contributed by atoms with E-state index in [1.54, 1.807) is 16.4 Å². The summed E-state index contributed by atoms with van der Waals surface area (Å²) in [5.41, 5.74) is 0. The number of ether oxygens (including phenoxy) is 1. The summed E-state index contributed by atoms with van der Waals surface area (Å²) in [5.74, 6) is 0.619. The van der Waals surface area contributed by atoms with Crippen molar-refractivity contribution in [1.29, 1.82) is 0 Å². The Hall–Kier alpha value is -1.90. The van der Waals surface area contributed by atoms with Gasteiger partial charge in [-0.15, -0.1) is 11.3 Å². The molecule has 6 nitrogen and oxygen atoms in total. The number of carbonyl (C=O) groups is 1. The van der Waals surface area contributed by atoms with E-state index < -0.39 is 10.0 Å². The number of hydrogen-bond donors (Lipinski definition) is 1. The first-order valence-corrected chi connectivity index (χ1v) is 11.3. The highest BCUT2D eigenvalue weighted by Crippen LogP contribution is 2.27. The summed E-state index contributed by atoms with van der Waals surface area (Å²) >= 11 is 1.18. The molecule has 0 bridgehead atoms. The largest absolute Gasteiger partial charge is 0.492 e. The number of nitrogens with zero attached hydrogens (tertiary/aromatic N) is 1. The van der Waals surface area contributed by atoms with E-state index in [-0.39, 0.29) is 12.3 Å². The lowest BCUT2D eigenvalue weighted by Crippen LogP contribution is -2.35. The number of rotatable bonds is 8. The third-order valence-electron chi connectivity index (χ3n) is 4.32. The standard InChI is InChI=1S/C19H24N2O4S2/c22-18(20-11-14-25-16-7-3-1-4-8-16)15-17-9-10-19(26-17)27(23,24)21-12-5-2-6-13-21/h1,3-4,7-10H,2,5-6,11-15H2,(H,20,22). The molecular weight excluding hydrogens is 384 g/mol. The van der Waals surface area contributed by atoms with Gasteiger partial charge in [-0.05, 0) is 37.1 Å². The van der Waals surface area contributed by atoms with Crippen molar-refractivity contribution in [3.05, 3.63) is 47.3 Å². The maximum absolute atomic E-state index is 12.7. The molecule has 0 radical (unpaired) electrons. The first-order valence-electron chi connectivity index (χ1n) is 9.09. The van der Waals surface area contributed by atoms with E-state index in [9.17, 15) is 13.2 Å². The lowest BCUT2D eigenvalue weighted by atomic mass is 10.2. The molecule has 0 spiro atoms. The van der Waals surface area contributed by atoms with Crippen LogP contribution in [0.4, 0.5) is 0 Å². The van der Waals surface area contributed by atoms with Crippen LogP contribution in [0.25, 0.3) is 0 Å². The second-order valence-electron chi connectivity index (χ2n) is 6.37. The van der Waals surface area contributed by atoms with Gasteiger partial charge in [-0.1, -0.05) is 24.6 Å². The number of thiophene rings is 1. The van der Waals surface area contributed by atoms with Gasteiger partial charge in [0, 0.05) is 18.0 Å². The molecule has 1 amide bonds. The predicted octanol–water partition coefficient (Wildman–Crippen LogP) is 2.66. The van der Waals surface area contributed by atoms with Crippen LogP contribution in [0.2, 0.25) is 0 Å². The minimum absolute atomic E-state index is 0.143. The van der Waals surface area contributed by atoms with E-state index in [1.165, 1.54) is 11.3 Å². The van der Waals surface area contributed by atoms with Gasteiger partial charge >= 0.3 is 0 Å². The fourth-order valence-corrected chi connectivity index (χ4v) is 5.95. The van der Waals surface area contributed by atoms with E-state index >= 15 is 0 Å². The predicted molar refractivity (Wildman–Crippen MR) is 106 cm³/mol. The zero-order chi connectivity index (χ0) is 19.1. The number of amides is 1. The Labute approximate surface area is 164 Å². The summed E-state index contributed by atoms with van der Waals surface area (Å²) < 4.78 is 32.7. The van der Waals surface area contributed by atoms with Crippen molar-refractivity contribution in [3.8, 4) is 5.75 Å². The molecule has 1 saturated heterocycles. The average molecular weight is 409 g/mol. The number of carbonyl (C=O) groups excluding carboxylic acids is 1. The topological polar surface area (TPSA) is 75.7 Å². The van der Waals surface area contributed by atoms with E-state index in [0.29, 0.717) is 30.5 Å². The minimum atomic E-state index is -3.43. The second kappa shape index (κ2) is 9.34. The summed E-state index contributed by atoms with van der Waals surface area (Å²) in [4.78, 5) is 12.8. The Balaban J connectivity index is 1.46. The molecule has 27 heavy (non-hydrogen) atoms. The van der Waals surface area contributed by atoms with E-state index in [0.717, 1.165) is 29.9 Å². The number of piperidine rings is 1. The number of sulfonamides is 1. The maximum Gasteiger partial charge on any atom is 0.252 e. The smallest absolute Gasteiger partial charge is 0.252 e. The number of benzene rings is 1. The molecule has 1 aromatic carbocycles. The van der Waals surface area contributed by atoms with Gasteiger partial charge in [-0.3, -0.25) is 4.79 Å². The Bertz CT molecular complexity index is 844. The first kappa shape index (κ1) is 19.9. The van der Waals surface area contributed by atoms with Crippen LogP contribution in [0, 0.1) is 0 Å². The molecule has 0 atom stereocenters. The molecular formula is C19H24N2O4S2. The summed E-state index contributed by atoms with van der Waals surface area (Å²) in [6.07, 6.45) is 3.07. The molecule has 2 aromatic rings. The quantitative estimate of drug-likeness (QED) is 0.682. The maximum atomic E-state index is 12.7. The van der Waals surface area contributed by atoms with Crippen molar-refractivity contribution in [3.63, 3.8) is 0 Å². The van der Waals surface area contributed by atoms with Crippen LogP contribution >= 0.6 is 11.3 Å². The van der Waals surface area contributed by atoms with E-state index in [4.69, 9.17) is 4.74 Å². The van der Waals surface area contributed by atoms with Gasteiger partial charge in [0.2, 0.25) is 5.91 Å². The summed E-state index contributed by atoms with van der Waals surface area (Å²) in [5, 5.41) is 2.80. The minimum Gasteiger partial charge on any atom is -0.492 e. The van der Waals surface area contributed by atoms with Crippen LogP contribution in [0.15, 0.2) is 46.7 Å². The van der Waals surface area contributed by atoms with Gasteiger partial charge in [0.15, 0.2) is 0 Å². The fraction of sp³-hybridized carbons (Fsp3) is 0.421. The highest BCUT2D eigenvalue weighted by Gasteiger charge is 2.27. The SMILES string of the molecule is O=C(Cc1ccc(S(=O)(=O)N2CCCCC2)s1)NCCOc1ccccc1. The molecule has 1 fully saturated rings. The van der Waals surface area contributed by atoms with Gasteiger partial charge < -0.3 is 10.1 Å². The van der Waals surface area contributed by atoms with Crippen molar-refractivity contribution in [2.24, 2.45) is 0 Å². The highest BCUT2D eigenvalue weighted by molar-refractivity contribution is 7.91. The molecule has 0 aliphatic carbocycles. The fourth-order valence-electron chi connectivity index (χ4n) is 2.92. The van der Waals surface area contributed by atoms with Gasteiger partial charge in [0.05, 0.1) is 13.0 Å². The molecule has 0 unspecified atom stereocenters. The van der Waals surface area contributed by atoms with Crippen LogP contribution < -0.4 is 10.1 Å². The van der Waals surface area contributed by atoms with Crippen molar-refractivity contribution >= 4 is 27.3 Å². The summed E-state index contributed by atoms with van der Waals surface area (Å²) in [6, 6.07) is 12.7. The lowest BCUT2D eigenvalue weighted by Gasteiger charge is -2.25. The zero-order valence-corrected chi connectivity index (χ0v) is 16.7. The van der Waals surface area contributed by atoms with Crippen LogP contribution in [-0.2, 0) is 21.2 Å². The van der Waals surface area contributed by atoms with Crippen molar-refractivity contribution in [1.82, 2.24) is 9.62 Å². The van der Waals surface area contributed by atoms with E-state index in [1.807, 2.05) is 30.3 Å². The van der Waals surface area contributed by atoms with Crippen molar-refractivity contribution < 1.29 is 17.9 Å². The molecule has 0 saturated carbocycles. The molecule has 8 heteroatoms. The van der Waals surface area contributed by atoms with Crippen molar-refractivity contribution in [2.75, 3.05) is 26.2 Å². The molecule has 1 N–H and O–H groups in total. The molecule has 1 aliphatic heterocycles. The molecule has 1 aromatic heterocycles. The number of nitrogens with one attached hydrogen (secondary N) is 1. The van der Waals surface area contributed by atoms with Crippen LogP contribution in [0.1, 0.15) is 24.1 Å². The summed E-state index contributed by atoms with van der Waals surface area (Å²) in [7, 11) is -3.43. The third kappa shape index (κ3) is 5.54. The monoisotopic (exact) mass is 408 g/mol. The highest BCUT2D eigenvalue weighted by atomic mass is 32.2. The number of para-hydroxylation sites is 1. The normalized spacial score (nSPS) is 15.4. The average Bonchev–Trinajstić information content (AvgIpc) is 3.16. The van der Waals surface area contributed by atoms with Gasteiger partial charge in [-0.25, -0.2) is 8.42 Å². The molecule has 1 aliphatic rings. The Morgan fingerprint density at radius 3 is 2.56 bits per heavy atom. The summed E-state index contributed by atoms with van der Waals surface area (Å²) in [6.45, 7) is 1.95. The molecule has 146 valence electrons. The van der Waals surface area contributed by atoms with Gasteiger partial charge in [0.25, 0.3) is 10.0 Å². The van der Waals surface area contributed by atoms with Crippen LogP contribution in [-0.4, -0.2) is 44.9 Å². The van der Waals surface area contributed by atoms with Crippen molar-refractivity contribution in [2.45, 2.75) is 29.9 Å². The van der Waals surface area contributed by atoms with Crippen LogP contribution in [0.5, 0.6) is 5.75 Å². The van der Waals surface area contributed by atoms with Gasteiger partial charge in [-0.2, -0.15) is 4.31 Å². The Morgan fingerprint density at radius 1 is 1.07 bits per heavy atom. The van der Waals surface area contributed by atoms with Crippen LogP contribution in [0.3, 0.4) is 0 Å². The lowest BCUT2D eigenvalue weighted by molar-refractivity contribution is -0.120. The Kier molecular flexibility index (Phi) is 6.87. The Morgan fingerprint density at radius 2 is 1.81 bits per heavy atom. The third-order valence-corrected chi connectivity index (χ3v) is 7.77. The zero-order valence-electron chi connectivity index (χ0n) is 15.1.